The first-order chi connectivity index (χ1) is 7.56. The van der Waals surface area contributed by atoms with Gasteiger partial charge in [0.25, 0.3) is 0 Å². The maximum absolute atomic E-state index is 5.82. The van der Waals surface area contributed by atoms with E-state index < -0.39 is 0 Å². The SMILES string of the molecule is CC(C)(C)COc1cccc2cccnc12. The van der Waals surface area contributed by atoms with Gasteiger partial charge in [-0.15, -0.1) is 0 Å². The summed E-state index contributed by atoms with van der Waals surface area (Å²) in [6.45, 7) is 7.17. The smallest absolute Gasteiger partial charge is 0.145 e. The van der Waals surface area contributed by atoms with Crippen molar-refractivity contribution in [3.63, 3.8) is 0 Å². The molecule has 0 atom stereocenters. The monoisotopic (exact) mass is 215 g/mol. The van der Waals surface area contributed by atoms with E-state index in [2.05, 4.69) is 25.8 Å². The molecule has 0 aliphatic rings. The van der Waals surface area contributed by atoms with E-state index in [4.69, 9.17) is 4.74 Å². The molecule has 2 aromatic rings. The number of hydrogen-bond acceptors (Lipinski definition) is 2. The second-order valence-corrected chi connectivity index (χ2v) is 5.18. The van der Waals surface area contributed by atoms with Gasteiger partial charge in [0, 0.05) is 11.6 Å². The summed E-state index contributed by atoms with van der Waals surface area (Å²) in [6, 6.07) is 10.0. The highest BCUT2D eigenvalue weighted by Gasteiger charge is 2.12. The normalized spacial score (nSPS) is 11.7. The van der Waals surface area contributed by atoms with Crippen LogP contribution in [0.1, 0.15) is 20.8 Å². The summed E-state index contributed by atoms with van der Waals surface area (Å²) < 4.78 is 5.82. The highest BCUT2D eigenvalue weighted by Crippen LogP contribution is 2.25. The van der Waals surface area contributed by atoms with Gasteiger partial charge in [-0.1, -0.05) is 39.0 Å². The van der Waals surface area contributed by atoms with Gasteiger partial charge in [-0.3, -0.25) is 4.98 Å². The Labute approximate surface area is 96.3 Å². The minimum absolute atomic E-state index is 0.164. The summed E-state index contributed by atoms with van der Waals surface area (Å²) in [4.78, 5) is 4.36. The molecule has 2 rings (SSSR count). The van der Waals surface area contributed by atoms with E-state index in [0.29, 0.717) is 6.61 Å². The number of rotatable bonds is 2. The van der Waals surface area contributed by atoms with Crippen LogP contribution in [-0.4, -0.2) is 11.6 Å². The van der Waals surface area contributed by atoms with Crippen molar-refractivity contribution in [3.05, 3.63) is 36.5 Å². The molecule has 1 aromatic carbocycles. The highest BCUT2D eigenvalue weighted by atomic mass is 16.5. The van der Waals surface area contributed by atoms with Crippen LogP contribution in [-0.2, 0) is 0 Å². The van der Waals surface area contributed by atoms with Gasteiger partial charge < -0.3 is 4.74 Å². The molecule has 0 aliphatic carbocycles. The first-order valence-electron chi connectivity index (χ1n) is 5.53. The molecule has 0 unspecified atom stereocenters. The Kier molecular flexibility index (Phi) is 2.82. The summed E-state index contributed by atoms with van der Waals surface area (Å²) >= 11 is 0. The molecule has 1 heterocycles. The molecule has 0 saturated heterocycles. The van der Waals surface area contributed by atoms with E-state index in [1.54, 1.807) is 6.20 Å². The molecule has 0 bridgehead atoms. The van der Waals surface area contributed by atoms with Crippen LogP contribution in [0, 0.1) is 5.41 Å². The van der Waals surface area contributed by atoms with Crippen molar-refractivity contribution < 1.29 is 4.74 Å². The van der Waals surface area contributed by atoms with Crippen molar-refractivity contribution in [1.29, 1.82) is 0 Å². The van der Waals surface area contributed by atoms with Crippen LogP contribution in [0.4, 0.5) is 0 Å². The lowest BCUT2D eigenvalue weighted by atomic mass is 9.99. The summed E-state index contributed by atoms with van der Waals surface area (Å²) in [7, 11) is 0. The van der Waals surface area contributed by atoms with Gasteiger partial charge in [0.1, 0.15) is 11.3 Å². The summed E-state index contributed by atoms with van der Waals surface area (Å²) in [6.07, 6.45) is 1.80. The maximum atomic E-state index is 5.82. The molecule has 84 valence electrons. The van der Waals surface area contributed by atoms with Crippen LogP contribution in [0.25, 0.3) is 10.9 Å². The minimum atomic E-state index is 0.164. The first kappa shape index (κ1) is 10.9. The quantitative estimate of drug-likeness (QED) is 0.762. The molecular formula is C14H17NO. The lowest BCUT2D eigenvalue weighted by Gasteiger charge is -2.19. The van der Waals surface area contributed by atoms with E-state index in [9.17, 15) is 0 Å². The fraction of sp³-hybridized carbons (Fsp3) is 0.357. The number of para-hydroxylation sites is 1. The Morgan fingerprint density at radius 1 is 1.12 bits per heavy atom. The van der Waals surface area contributed by atoms with E-state index >= 15 is 0 Å². The molecule has 0 saturated carbocycles. The average Bonchev–Trinajstić information content (AvgIpc) is 2.25. The van der Waals surface area contributed by atoms with Gasteiger partial charge in [-0.25, -0.2) is 0 Å². The van der Waals surface area contributed by atoms with Crippen molar-refractivity contribution in [2.45, 2.75) is 20.8 Å². The fourth-order valence-corrected chi connectivity index (χ4v) is 1.49. The number of ether oxygens (including phenoxy) is 1. The Balaban J connectivity index is 2.30. The molecular weight excluding hydrogens is 198 g/mol. The third-order valence-electron chi connectivity index (χ3n) is 2.26. The fourth-order valence-electron chi connectivity index (χ4n) is 1.49. The second-order valence-electron chi connectivity index (χ2n) is 5.18. The molecule has 0 spiro atoms. The van der Waals surface area contributed by atoms with Gasteiger partial charge in [-0.2, -0.15) is 0 Å². The summed E-state index contributed by atoms with van der Waals surface area (Å²) in [5.41, 5.74) is 1.10. The van der Waals surface area contributed by atoms with Crippen LogP contribution in [0.3, 0.4) is 0 Å². The molecule has 0 amide bonds. The second kappa shape index (κ2) is 4.12. The number of fused-ring (bicyclic) bond motifs is 1. The predicted octanol–water partition coefficient (Wildman–Crippen LogP) is 3.66. The Hall–Kier alpha value is -1.57. The van der Waals surface area contributed by atoms with Crippen molar-refractivity contribution in [2.24, 2.45) is 5.41 Å². The number of aromatic nitrogens is 1. The van der Waals surface area contributed by atoms with Crippen molar-refractivity contribution in [2.75, 3.05) is 6.61 Å². The zero-order valence-electron chi connectivity index (χ0n) is 10.0. The van der Waals surface area contributed by atoms with E-state index in [1.165, 1.54) is 0 Å². The lowest BCUT2D eigenvalue weighted by molar-refractivity contribution is 0.199. The Bertz CT molecular complexity index is 480. The Morgan fingerprint density at radius 2 is 1.88 bits per heavy atom. The van der Waals surface area contributed by atoms with Gasteiger partial charge in [-0.05, 0) is 17.5 Å². The van der Waals surface area contributed by atoms with E-state index in [1.807, 2.05) is 30.3 Å². The largest absolute Gasteiger partial charge is 0.491 e. The summed E-state index contributed by atoms with van der Waals surface area (Å²) in [5.74, 6) is 0.869. The Morgan fingerprint density at radius 3 is 2.62 bits per heavy atom. The minimum Gasteiger partial charge on any atom is -0.491 e. The zero-order chi connectivity index (χ0) is 11.6. The molecule has 2 nitrogen and oxygen atoms in total. The van der Waals surface area contributed by atoms with E-state index in [0.717, 1.165) is 16.7 Å². The van der Waals surface area contributed by atoms with Gasteiger partial charge in [0.2, 0.25) is 0 Å². The zero-order valence-corrected chi connectivity index (χ0v) is 10.0. The van der Waals surface area contributed by atoms with Gasteiger partial charge in [0.15, 0.2) is 0 Å². The van der Waals surface area contributed by atoms with Crippen LogP contribution in [0.5, 0.6) is 5.75 Å². The van der Waals surface area contributed by atoms with Crippen LogP contribution >= 0.6 is 0 Å². The topological polar surface area (TPSA) is 22.1 Å². The lowest BCUT2D eigenvalue weighted by Crippen LogP contribution is -2.17. The van der Waals surface area contributed by atoms with Crippen LogP contribution < -0.4 is 4.74 Å². The number of hydrogen-bond donors (Lipinski definition) is 0. The highest BCUT2D eigenvalue weighted by molar-refractivity contribution is 5.84. The molecule has 0 aliphatic heterocycles. The summed E-state index contributed by atoms with van der Waals surface area (Å²) in [5, 5.41) is 1.12. The molecule has 0 radical (unpaired) electrons. The number of benzene rings is 1. The standard InChI is InChI=1S/C14H17NO/c1-14(2,3)10-16-12-8-4-6-11-7-5-9-15-13(11)12/h4-9H,10H2,1-3H3. The predicted molar refractivity (Wildman–Crippen MR) is 66.7 cm³/mol. The van der Waals surface area contributed by atoms with Gasteiger partial charge >= 0.3 is 0 Å². The van der Waals surface area contributed by atoms with Crippen LogP contribution in [0.2, 0.25) is 0 Å². The van der Waals surface area contributed by atoms with Crippen molar-refractivity contribution >= 4 is 10.9 Å². The van der Waals surface area contributed by atoms with Gasteiger partial charge in [0.05, 0.1) is 6.61 Å². The average molecular weight is 215 g/mol. The van der Waals surface area contributed by atoms with Crippen molar-refractivity contribution in [1.82, 2.24) is 4.98 Å². The first-order valence-corrected chi connectivity index (χ1v) is 5.53. The molecule has 16 heavy (non-hydrogen) atoms. The van der Waals surface area contributed by atoms with Crippen LogP contribution in [0.15, 0.2) is 36.5 Å². The van der Waals surface area contributed by atoms with E-state index in [-0.39, 0.29) is 5.41 Å². The molecule has 2 heteroatoms. The third kappa shape index (κ3) is 2.51. The number of pyridine rings is 1. The van der Waals surface area contributed by atoms with Crippen molar-refractivity contribution in [3.8, 4) is 5.75 Å². The maximum Gasteiger partial charge on any atom is 0.145 e. The third-order valence-corrected chi connectivity index (χ3v) is 2.26. The molecule has 1 aromatic heterocycles. The molecule has 0 fully saturated rings. The number of nitrogens with zero attached hydrogens (tertiary/aromatic N) is 1. The molecule has 0 N–H and O–H groups in total.